The topological polar surface area (TPSA) is 58.2 Å². The smallest absolute Gasteiger partial charge is 0.242 e. The molecule has 0 spiro atoms. The summed E-state index contributed by atoms with van der Waals surface area (Å²) >= 11 is 0. The molecule has 0 saturated heterocycles. The number of hydrogen-bond acceptors (Lipinski definition) is 2. The summed E-state index contributed by atoms with van der Waals surface area (Å²) in [6, 6.07) is 9.93. The van der Waals surface area contributed by atoms with E-state index < -0.39 is 6.04 Å². The molecule has 0 aliphatic rings. The van der Waals surface area contributed by atoms with E-state index in [0.29, 0.717) is 0 Å². The molecule has 0 heterocycles. The maximum Gasteiger partial charge on any atom is 0.242 e. The predicted molar refractivity (Wildman–Crippen MR) is 84.9 cm³/mol. The molecule has 0 aromatic heterocycles. The molecule has 0 saturated carbocycles. The average molecular weight is 290 g/mol. The molecule has 116 valence electrons. The van der Waals surface area contributed by atoms with Crippen LogP contribution in [0.2, 0.25) is 0 Å². The van der Waals surface area contributed by atoms with Crippen molar-refractivity contribution in [3.05, 3.63) is 35.9 Å². The predicted octanol–water partition coefficient (Wildman–Crippen LogP) is 2.43. The Hall–Kier alpha value is -1.84. The fraction of sp³-hybridized carbons (Fsp3) is 0.529. The first-order valence-electron chi connectivity index (χ1n) is 7.64. The molecule has 1 aromatic rings. The highest BCUT2D eigenvalue weighted by molar-refractivity contribution is 5.86. The average Bonchev–Trinajstić information content (AvgIpc) is 2.45. The lowest BCUT2D eigenvalue weighted by Gasteiger charge is -2.21. The van der Waals surface area contributed by atoms with Gasteiger partial charge >= 0.3 is 0 Å². The van der Waals surface area contributed by atoms with Crippen molar-refractivity contribution in [1.82, 2.24) is 10.6 Å². The lowest BCUT2D eigenvalue weighted by molar-refractivity contribution is -0.128. The van der Waals surface area contributed by atoms with Gasteiger partial charge < -0.3 is 10.6 Å². The number of amides is 2. The van der Waals surface area contributed by atoms with E-state index in [9.17, 15) is 9.59 Å². The first-order valence-corrected chi connectivity index (χ1v) is 7.64. The van der Waals surface area contributed by atoms with Gasteiger partial charge in [0.1, 0.15) is 6.04 Å². The van der Waals surface area contributed by atoms with Crippen molar-refractivity contribution in [3.8, 4) is 0 Å². The maximum atomic E-state index is 12.0. The number of benzene rings is 1. The van der Waals surface area contributed by atoms with Crippen molar-refractivity contribution in [3.63, 3.8) is 0 Å². The zero-order valence-corrected chi connectivity index (χ0v) is 13.2. The largest absolute Gasteiger partial charge is 0.352 e. The number of carbonyl (C=O) groups is 2. The summed E-state index contributed by atoms with van der Waals surface area (Å²) in [6.07, 6.45) is 3.83. The standard InChI is InChI=1S/C17H26N2O2/c1-4-8-16(12-11-15-9-6-5-7-10-15)19-17(21)13(2)18-14(3)20/h5-7,9-10,13,16H,4,8,11-12H2,1-3H3,(H,18,20)(H,19,21)/t13-,16?/m0/s1. The van der Waals surface area contributed by atoms with Gasteiger partial charge in [0.05, 0.1) is 0 Å². The van der Waals surface area contributed by atoms with Crippen molar-refractivity contribution in [2.45, 2.75) is 58.5 Å². The van der Waals surface area contributed by atoms with E-state index >= 15 is 0 Å². The quantitative estimate of drug-likeness (QED) is 0.772. The minimum atomic E-state index is -0.487. The molecular weight excluding hydrogens is 264 g/mol. The van der Waals surface area contributed by atoms with E-state index in [4.69, 9.17) is 0 Å². The third-order valence-corrected chi connectivity index (χ3v) is 3.42. The van der Waals surface area contributed by atoms with Crippen molar-refractivity contribution in [2.75, 3.05) is 0 Å². The zero-order chi connectivity index (χ0) is 15.7. The van der Waals surface area contributed by atoms with E-state index in [1.165, 1.54) is 12.5 Å². The molecule has 21 heavy (non-hydrogen) atoms. The molecule has 1 unspecified atom stereocenters. The molecule has 2 N–H and O–H groups in total. The summed E-state index contributed by atoms with van der Waals surface area (Å²) in [7, 11) is 0. The molecule has 4 nitrogen and oxygen atoms in total. The first-order chi connectivity index (χ1) is 10.0. The van der Waals surface area contributed by atoms with Gasteiger partial charge in [0, 0.05) is 13.0 Å². The highest BCUT2D eigenvalue weighted by Gasteiger charge is 2.17. The van der Waals surface area contributed by atoms with Gasteiger partial charge in [0.2, 0.25) is 11.8 Å². The Balaban J connectivity index is 2.49. The van der Waals surface area contributed by atoms with Gasteiger partial charge in [-0.3, -0.25) is 9.59 Å². The van der Waals surface area contributed by atoms with Crippen LogP contribution in [-0.2, 0) is 16.0 Å². The highest BCUT2D eigenvalue weighted by Crippen LogP contribution is 2.09. The molecule has 0 fully saturated rings. The second-order valence-corrected chi connectivity index (χ2v) is 5.44. The summed E-state index contributed by atoms with van der Waals surface area (Å²) in [5.41, 5.74) is 1.28. The molecule has 0 bridgehead atoms. The summed E-state index contributed by atoms with van der Waals surface area (Å²) < 4.78 is 0. The van der Waals surface area contributed by atoms with Crippen LogP contribution in [0.15, 0.2) is 30.3 Å². The molecule has 0 radical (unpaired) electrons. The van der Waals surface area contributed by atoms with E-state index in [2.05, 4.69) is 29.7 Å². The van der Waals surface area contributed by atoms with E-state index in [1.807, 2.05) is 18.2 Å². The van der Waals surface area contributed by atoms with Crippen molar-refractivity contribution in [2.24, 2.45) is 0 Å². The minimum Gasteiger partial charge on any atom is -0.352 e. The zero-order valence-electron chi connectivity index (χ0n) is 13.2. The lowest BCUT2D eigenvalue weighted by Crippen LogP contribution is -2.47. The van der Waals surface area contributed by atoms with Gasteiger partial charge in [0.25, 0.3) is 0 Å². The van der Waals surface area contributed by atoms with E-state index in [0.717, 1.165) is 25.7 Å². The van der Waals surface area contributed by atoms with Crippen molar-refractivity contribution in [1.29, 1.82) is 0 Å². The van der Waals surface area contributed by atoms with E-state index in [1.54, 1.807) is 6.92 Å². The van der Waals surface area contributed by atoms with Gasteiger partial charge in [-0.1, -0.05) is 43.7 Å². The fourth-order valence-electron chi connectivity index (χ4n) is 2.32. The normalized spacial score (nSPS) is 13.3. The Labute approximate surface area is 127 Å². The number of nitrogens with one attached hydrogen (secondary N) is 2. The molecular formula is C17H26N2O2. The van der Waals surface area contributed by atoms with E-state index in [-0.39, 0.29) is 17.9 Å². The molecule has 0 aliphatic carbocycles. The molecule has 0 aliphatic heterocycles. The second kappa shape index (κ2) is 9.16. The molecule has 1 rings (SSSR count). The van der Waals surface area contributed by atoms with Crippen LogP contribution in [0.1, 0.15) is 45.6 Å². The number of hydrogen-bond donors (Lipinski definition) is 2. The van der Waals surface area contributed by atoms with Crippen LogP contribution in [-0.4, -0.2) is 23.9 Å². The third-order valence-electron chi connectivity index (χ3n) is 3.42. The van der Waals surface area contributed by atoms with Gasteiger partial charge in [-0.25, -0.2) is 0 Å². The molecule has 2 amide bonds. The summed E-state index contributed by atoms with van der Waals surface area (Å²) in [5, 5.41) is 5.65. The van der Waals surface area contributed by atoms with Gasteiger partial charge in [0.15, 0.2) is 0 Å². The van der Waals surface area contributed by atoms with Crippen LogP contribution in [0, 0.1) is 0 Å². The fourth-order valence-corrected chi connectivity index (χ4v) is 2.32. The third kappa shape index (κ3) is 6.93. The number of carbonyl (C=O) groups excluding carboxylic acids is 2. The number of aryl methyl sites for hydroxylation is 1. The SMILES string of the molecule is CCCC(CCc1ccccc1)NC(=O)[C@H](C)NC(C)=O. The van der Waals surface area contributed by atoms with Gasteiger partial charge in [-0.15, -0.1) is 0 Å². The van der Waals surface area contributed by atoms with Crippen LogP contribution in [0.25, 0.3) is 0 Å². The Morgan fingerprint density at radius 3 is 2.33 bits per heavy atom. The number of rotatable bonds is 8. The van der Waals surface area contributed by atoms with Gasteiger partial charge in [-0.2, -0.15) is 0 Å². The first kappa shape index (κ1) is 17.2. The lowest BCUT2D eigenvalue weighted by atomic mass is 10.0. The Morgan fingerprint density at radius 1 is 1.10 bits per heavy atom. The van der Waals surface area contributed by atoms with Crippen LogP contribution >= 0.6 is 0 Å². The van der Waals surface area contributed by atoms with Crippen LogP contribution in [0.3, 0.4) is 0 Å². The van der Waals surface area contributed by atoms with Gasteiger partial charge in [-0.05, 0) is 31.7 Å². The van der Waals surface area contributed by atoms with Crippen LogP contribution in [0.5, 0.6) is 0 Å². The molecule has 4 heteroatoms. The van der Waals surface area contributed by atoms with Crippen LogP contribution < -0.4 is 10.6 Å². The Morgan fingerprint density at radius 2 is 1.76 bits per heavy atom. The summed E-state index contributed by atoms with van der Waals surface area (Å²) in [5.74, 6) is -0.300. The minimum absolute atomic E-state index is 0.114. The summed E-state index contributed by atoms with van der Waals surface area (Å²) in [4.78, 5) is 23.0. The molecule has 2 atom stereocenters. The molecule has 1 aromatic carbocycles. The monoisotopic (exact) mass is 290 g/mol. The van der Waals surface area contributed by atoms with Crippen molar-refractivity contribution >= 4 is 11.8 Å². The second-order valence-electron chi connectivity index (χ2n) is 5.44. The maximum absolute atomic E-state index is 12.0. The summed E-state index contributed by atoms with van der Waals surface area (Å²) in [6.45, 7) is 5.23. The van der Waals surface area contributed by atoms with Crippen LogP contribution in [0.4, 0.5) is 0 Å². The van der Waals surface area contributed by atoms with Crippen molar-refractivity contribution < 1.29 is 9.59 Å². The Bertz CT molecular complexity index is 445. The highest BCUT2D eigenvalue weighted by atomic mass is 16.2. The Kier molecular flexibility index (Phi) is 7.51.